The molecule has 0 unspecified atom stereocenters. The zero-order valence-corrected chi connectivity index (χ0v) is 12.7. The summed E-state index contributed by atoms with van der Waals surface area (Å²) < 4.78 is 37.6. The molecule has 0 aliphatic rings. The first-order chi connectivity index (χ1) is 8.94. The van der Waals surface area contributed by atoms with Crippen LogP contribution in [0.3, 0.4) is 0 Å². The van der Waals surface area contributed by atoms with E-state index in [2.05, 4.69) is 10.0 Å². The van der Waals surface area contributed by atoms with Crippen LogP contribution in [0.1, 0.15) is 24.0 Å². The molecule has 0 atom stereocenters. The van der Waals surface area contributed by atoms with Crippen molar-refractivity contribution >= 4 is 10.0 Å². The zero-order chi connectivity index (χ0) is 14.5. The summed E-state index contributed by atoms with van der Waals surface area (Å²) in [7, 11) is -1.80. The third-order valence-corrected chi connectivity index (χ3v) is 4.35. The molecule has 1 aromatic heterocycles. The molecular formula is C12H22N2O4S. The van der Waals surface area contributed by atoms with E-state index in [1.807, 2.05) is 6.92 Å². The maximum Gasteiger partial charge on any atom is 0.244 e. The van der Waals surface area contributed by atoms with Crippen LogP contribution in [-0.2, 0) is 21.3 Å². The lowest BCUT2D eigenvalue weighted by atomic mass is 10.2. The summed E-state index contributed by atoms with van der Waals surface area (Å²) in [6, 6.07) is 0. The maximum absolute atomic E-state index is 12.3. The van der Waals surface area contributed by atoms with Crippen LogP contribution < -0.4 is 10.0 Å². The number of aryl methyl sites for hydroxylation is 2. The fourth-order valence-electron chi connectivity index (χ4n) is 1.91. The van der Waals surface area contributed by atoms with Gasteiger partial charge in [-0.05, 0) is 27.8 Å². The molecule has 1 heterocycles. The van der Waals surface area contributed by atoms with Crippen LogP contribution in [-0.4, -0.2) is 35.2 Å². The Hall–Kier alpha value is -0.890. The minimum atomic E-state index is -3.57. The van der Waals surface area contributed by atoms with Crippen molar-refractivity contribution in [3.8, 4) is 0 Å². The van der Waals surface area contributed by atoms with Gasteiger partial charge in [0, 0.05) is 25.3 Å². The second-order valence-corrected chi connectivity index (χ2v) is 5.85. The summed E-state index contributed by atoms with van der Waals surface area (Å²) in [6.07, 6.45) is 0. The lowest BCUT2D eigenvalue weighted by Gasteiger charge is -2.08. The summed E-state index contributed by atoms with van der Waals surface area (Å²) >= 11 is 0. The van der Waals surface area contributed by atoms with Gasteiger partial charge >= 0.3 is 0 Å². The Morgan fingerprint density at radius 1 is 1.26 bits per heavy atom. The largest absolute Gasteiger partial charge is 0.465 e. The molecule has 0 aliphatic carbocycles. The molecule has 0 bridgehead atoms. The Morgan fingerprint density at radius 3 is 2.53 bits per heavy atom. The highest BCUT2D eigenvalue weighted by atomic mass is 32.2. The number of ether oxygens (including phenoxy) is 1. The van der Waals surface area contributed by atoms with E-state index < -0.39 is 10.0 Å². The Morgan fingerprint density at radius 2 is 1.95 bits per heavy atom. The summed E-state index contributed by atoms with van der Waals surface area (Å²) in [5.41, 5.74) is 0.670. The lowest BCUT2D eigenvalue weighted by Crippen LogP contribution is -2.29. The first-order valence-electron chi connectivity index (χ1n) is 6.24. The average molecular weight is 290 g/mol. The Bertz CT molecular complexity index is 508. The van der Waals surface area contributed by atoms with Gasteiger partial charge in [0.15, 0.2) is 0 Å². The van der Waals surface area contributed by atoms with Crippen molar-refractivity contribution in [2.75, 3.05) is 26.8 Å². The number of hydrogen-bond acceptors (Lipinski definition) is 5. The Labute approximate surface area is 114 Å². The van der Waals surface area contributed by atoms with Crippen molar-refractivity contribution in [1.29, 1.82) is 0 Å². The van der Waals surface area contributed by atoms with E-state index in [0.717, 1.165) is 0 Å². The molecule has 0 saturated carbocycles. The topological polar surface area (TPSA) is 80.6 Å². The number of nitrogens with one attached hydrogen (secondary N) is 2. The molecule has 0 radical (unpaired) electrons. The third-order valence-electron chi connectivity index (χ3n) is 2.69. The van der Waals surface area contributed by atoms with Gasteiger partial charge in [0.25, 0.3) is 0 Å². The maximum atomic E-state index is 12.3. The molecule has 0 aliphatic heterocycles. The van der Waals surface area contributed by atoms with Crippen LogP contribution in [0.4, 0.5) is 0 Å². The quantitative estimate of drug-likeness (QED) is 0.696. The van der Waals surface area contributed by atoms with Crippen molar-refractivity contribution in [2.45, 2.75) is 32.2 Å². The molecule has 19 heavy (non-hydrogen) atoms. The predicted molar refractivity (Wildman–Crippen MR) is 72.6 cm³/mol. The van der Waals surface area contributed by atoms with E-state index in [-0.39, 0.29) is 11.4 Å². The van der Waals surface area contributed by atoms with E-state index in [1.54, 1.807) is 20.9 Å². The van der Waals surface area contributed by atoms with Gasteiger partial charge in [-0.2, -0.15) is 0 Å². The van der Waals surface area contributed by atoms with Gasteiger partial charge < -0.3 is 14.5 Å². The number of furan rings is 1. The highest BCUT2D eigenvalue weighted by molar-refractivity contribution is 7.89. The van der Waals surface area contributed by atoms with E-state index in [4.69, 9.17) is 9.15 Å². The van der Waals surface area contributed by atoms with Crippen molar-refractivity contribution < 1.29 is 17.6 Å². The first kappa shape index (κ1) is 16.2. The van der Waals surface area contributed by atoms with Gasteiger partial charge in [-0.15, -0.1) is 0 Å². The molecule has 0 spiro atoms. The zero-order valence-electron chi connectivity index (χ0n) is 11.9. The molecule has 0 amide bonds. The predicted octanol–water partition coefficient (Wildman–Crippen LogP) is 0.931. The minimum absolute atomic E-state index is 0.232. The molecule has 1 rings (SSSR count). The molecule has 7 heteroatoms. The van der Waals surface area contributed by atoms with Gasteiger partial charge in [-0.3, -0.25) is 0 Å². The van der Waals surface area contributed by atoms with Crippen molar-refractivity contribution in [1.82, 2.24) is 10.0 Å². The molecule has 2 N–H and O–H groups in total. The molecule has 6 nitrogen and oxygen atoms in total. The van der Waals surface area contributed by atoms with Gasteiger partial charge in [-0.1, -0.05) is 0 Å². The summed E-state index contributed by atoms with van der Waals surface area (Å²) in [5.74, 6) is 1.03. The van der Waals surface area contributed by atoms with E-state index in [1.165, 1.54) is 0 Å². The van der Waals surface area contributed by atoms with Crippen LogP contribution >= 0.6 is 0 Å². The molecule has 1 aromatic rings. The summed E-state index contributed by atoms with van der Waals surface area (Å²) in [5, 5.41) is 2.95. The van der Waals surface area contributed by atoms with Crippen LogP contribution in [0.15, 0.2) is 9.31 Å². The molecule has 0 fully saturated rings. The van der Waals surface area contributed by atoms with Gasteiger partial charge in [0.1, 0.15) is 16.4 Å². The van der Waals surface area contributed by atoms with Crippen molar-refractivity contribution in [3.63, 3.8) is 0 Å². The third kappa shape index (κ3) is 4.04. The van der Waals surface area contributed by atoms with E-state index >= 15 is 0 Å². The molecule has 0 aromatic carbocycles. The minimum Gasteiger partial charge on any atom is -0.465 e. The summed E-state index contributed by atoms with van der Waals surface area (Å²) in [4.78, 5) is 0.232. The number of rotatable bonds is 8. The van der Waals surface area contributed by atoms with Gasteiger partial charge in [0.05, 0.1) is 6.61 Å². The normalized spacial score (nSPS) is 12.0. The van der Waals surface area contributed by atoms with Gasteiger partial charge in [0.2, 0.25) is 10.0 Å². The molecule has 0 saturated heterocycles. The van der Waals surface area contributed by atoms with E-state index in [9.17, 15) is 8.42 Å². The van der Waals surface area contributed by atoms with Crippen LogP contribution in [0.5, 0.6) is 0 Å². The fourth-order valence-corrected chi connectivity index (χ4v) is 3.36. The standard InChI is InChI=1S/C12H22N2O4S/c1-5-17-7-6-14-19(15,16)12-10(3)18-9(2)11(12)8-13-4/h13-14H,5-8H2,1-4H3. The van der Waals surface area contributed by atoms with Crippen molar-refractivity contribution in [3.05, 3.63) is 17.1 Å². The number of hydrogen-bond donors (Lipinski definition) is 2. The first-order valence-corrected chi connectivity index (χ1v) is 7.73. The highest BCUT2D eigenvalue weighted by Crippen LogP contribution is 2.26. The Kier molecular flexibility index (Phi) is 5.99. The molecule has 110 valence electrons. The Balaban J connectivity index is 2.94. The highest BCUT2D eigenvalue weighted by Gasteiger charge is 2.25. The fraction of sp³-hybridized carbons (Fsp3) is 0.667. The SMILES string of the molecule is CCOCCNS(=O)(=O)c1c(C)oc(C)c1CNC. The smallest absolute Gasteiger partial charge is 0.244 e. The second-order valence-electron chi connectivity index (χ2n) is 4.15. The van der Waals surface area contributed by atoms with Crippen LogP contribution in [0.2, 0.25) is 0 Å². The summed E-state index contributed by atoms with van der Waals surface area (Å²) in [6.45, 7) is 6.90. The van der Waals surface area contributed by atoms with Crippen molar-refractivity contribution in [2.24, 2.45) is 0 Å². The van der Waals surface area contributed by atoms with Crippen LogP contribution in [0.25, 0.3) is 0 Å². The van der Waals surface area contributed by atoms with E-state index in [0.29, 0.717) is 36.8 Å². The average Bonchev–Trinajstić information content (AvgIpc) is 2.61. The lowest BCUT2D eigenvalue weighted by molar-refractivity contribution is 0.153. The number of sulfonamides is 1. The second kappa shape index (κ2) is 7.04. The molecular weight excluding hydrogens is 268 g/mol. The monoisotopic (exact) mass is 290 g/mol. The van der Waals surface area contributed by atoms with Gasteiger partial charge in [-0.25, -0.2) is 13.1 Å². The van der Waals surface area contributed by atoms with Crippen LogP contribution in [0, 0.1) is 13.8 Å².